The number of hydrogen-bond donors (Lipinski definition) is 0. The lowest BCUT2D eigenvalue weighted by molar-refractivity contribution is 1.58. The van der Waals surface area contributed by atoms with Crippen molar-refractivity contribution in [2.45, 2.75) is 6.92 Å². The van der Waals surface area contributed by atoms with Crippen LogP contribution in [0, 0.1) is 6.92 Å². The van der Waals surface area contributed by atoms with Crippen molar-refractivity contribution in [3.63, 3.8) is 0 Å². The highest BCUT2D eigenvalue weighted by atomic mass is 32.1. The lowest BCUT2D eigenvalue weighted by Crippen LogP contribution is -1.75. The fourth-order valence-corrected chi connectivity index (χ4v) is 2.23. The molecule has 1 rings (SSSR count). The first-order valence-corrected chi connectivity index (χ1v) is 4.57. The van der Waals surface area contributed by atoms with Gasteiger partial charge in [-0.3, -0.25) is 0 Å². The van der Waals surface area contributed by atoms with E-state index in [2.05, 4.69) is 26.7 Å². The minimum Gasteiger partial charge on any atom is -0.140 e. The molecule has 0 saturated heterocycles. The van der Waals surface area contributed by atoms with Gasteiger partial charge in [-0.15, -0.1) is 11.3 Å². The first-order chi connectivity index (χ1) is 5.74. The molecule has 0 unspecified atom stereocenters. The van der Waals surface area contributed by atoms with E-state index in [0.29, 0.717) is 0 Å². The minimum atomic E-state index is 1.16. The summed E-state index contributed by atoms with van der Waals surface area (Å²) in [6.07, 6.45) is 5.59. The third-order valence-electron chi connectivity index (χ3n) is 1.79. The van der Waals surface area contributed by atoms with Crippen LogP contribution in [-0.4, -0.2) is 0 Å². The van der Waals surface area contributed by atoms with Gasteiger partial charge in [-0.25, -0.2) is 0 Å². The highest BCUT2D eigenvalue weighted by molar-refractivity contribution is 7.13. The van der Waals surface area contributed by atoms with Crippen molar-refractivity contribution in [1.82, 2.24) is 0 Å². The van der Waals surface area contributed by atoms with Gasteiger partial charge in [0.1, 0.15) is 0 Å². The highest BCUT2D eigenvalue weighted by Crippen LogP contribution is 2.30. The summed E-state index contributed by atoms with van der Waals surface area (Å²) in [6, 6.07) is 0. The lowest BCUT2D eigenvalue weighted by Gasteiger charge is -1.93. The maximum Gasteiger partial charge on any atom is 0.0345 e. The molecule has 0 bridgehead atoms. The summed E-state index contributed by atoms with van der Waals surface area (Å²) in [6.45, 7) is 13.4. The van der Waals surface area contributed by atoms with Gasteiger partial charge >= 0.3 is 0 Å². The quantitative estimate of drug-likeness (QED) is 0.653. The first-order valence-electron chi connectivity index (χ1n) is 3.75. The molecule has 0 N–H and O–H groups in total. The Morgan fingerprint density at radius 2 is 1.58 bits per heavy atom. The van der Waals surface area contributed by atoms with Crippen LogP contribution >= 0.6 is 11.3 Å². The zero-order chi connectivity index (χ0) is 9.14. The Morgan fingerprint density at radius 3 is 2.00 bits per heavy atom. The predicted molar refractivity (Wildman–Crippen MR) is 59.3 cm³/mol. The Labute approximate surface area is 77.6 Å². The van der Waals surface area contributed by atoms with Gasteiger partial charge in [0, 0.05) is 9.75 Å². The summed E-state index contributed by atoms with van der Waals surface area (Å²) in [5.41, 5.74) is 2.34. The second-order valence-corrected chi connectivity index (χ2v) is 3.72. The van der Waals surface area contributed by atoms with Gasteiger partial charge in [-0.05, 0) is 18.1 Å². The van der Waals surface area contributed by atoms with Crippen LogP contribution in [-0.2, 0) is 0 Å². The molecule has 0 amide bonds. The van der Waals surface area contributed by atoms with Crippen LogP contribution in [0.1, 0.15) is 20.9 Å². The van der Waals surface area contributed by atoms with E-state index >= 15 is 0 Å². The molecule has 0 aromatic carbocycles. The minimum absolute atomic E-state index is 1.16. The maximum atomic E-state index is 3.77. The Morgan fingerprint density at radius 1 is 1.00 bits per heavy atom. The van der Waals surface area contributed by atoms with Crippen molar-refractivity contribution in [3.05, 3.63) is 40.6 Å². The van der Waals surface area contributed by atoms with Gasteiger partial charge in [0.25, 0.3) is 0 Å². The molecule has 0 aliphatic carbocycles. The third kappa shape index (κ3) is 1.28. The van der Waals surface area contributed by atoms with Crippen LogP contribution < -0.4 is 0 Å². The largest absolute Gasteiger partial charge is 0.140 e. The van der Waals surface area contributed by atoms with Crippen LogP contribution in [0.5, 0.6) is 0 Å². The van der Waals surface area contributed by atoms with Gasteiger partial charge in [-0.1, -0.05) is 38.0 Å². The molecule has 0 aliphatic rings. The van der Waals surface area contributed by atoms with E-state index in [1.807, 2.05) is 18.2 Å². The Bertz CT molecular complexity index is 329. The van der Waals surface area contributed by atoms with Gasteiger partial charge in [-0.2, -0.15) is 0 Å². The van der Waals surface area contributed by atoms with Crippen molar-refractivity contribution in [2.24, 2.45) is 0 Å². The average molecular weight is 176 g/mol. The topological polar surface area (TPSA) is 0 Å². The van der Waals surface area contributed by atoms with Crippen LogP contribution in [0.15, 0.2) is 19.7 Å². The molecule has 1 aromatic rings. The van der Waals surface area contributed by atoms with Crippen molar-refractivity contribution in [3.8, 4) is 0 Å². The molecular formula is C11H12S. The van der Waals surface area contributed by atoms with Crippen LogP contribution in [0.3, 0.4) is 0 Å². The molecule has 0 aliphatic heterocycles. The van der Waals surface area contributed by atoms with Gasteiger partial charge in [0.2, 0.25) is 0 Å². The molecule has 12 heavy (non-hydrogen) atoms. The fraction of sp³-hybridized carbons (Fsp3) is 0.0909. The third-order valence-corrected chi connectivity index (χ3v) is 2.92. The number of rotatable bonds is 3. The van der Waals surface area contributed by atoms with E-state index in [1.165, 1.54) is 15.3 Å². The van der Waals surface area contributed by atoms with E-state index < -0.39 is 0 Å². The summed E-state index contributed by atoms with van der Waals surface area (Å²) in [5, 5.41) is 0. The number of thiophene rings is 1. The summed E-state index contributed by atoms with van der Waals surface area (Å²) in [5.74, 6) is 0. The van der Waals surface area contributed by atoms with Crippen molar-refractivity contribution < 1.29 is 0 Å². The second kappa shape index (κ2) is 3.55. The maximum absolute atomic E-state index is 3.77. The summed E-state index contributed by atoms with van der Waals surface area (Å²) in [4.78, 5) is 2.45. The Hall–Kier alpha value is -1.08. The molecule has 0 fully saturated rings. The smallest absolute Gasteiger partial charge is 0.0345 e. The standard InChI is InChI=1S/C11H12S/c1-5-9-8(4)12-11(7-3)10(9)6-2/h5-7H,1-3H2,4H3. The highest BCUT2D eigenvalue weighted by Gasteiger charge is 2.07. The summed E-state index contributed by atoms with van der Waals surface area (Å²) < 4.78 is 0. The first kappa shape index (κ1) is 9.01. The summed E-state index contributed by atoms with van der Waals surface area (Å²) >= 11 is 1.73. The molecule has 0 spiro atoms. The van der Waals surface area contributed by atoms with Crippen molar-refractivity contribution >= 4 is 29.6 Å². The zero-order valence-electron chi connectivity index (χ0n) is 7.26. The molecule has 62 valence electrons. The van der Waals surface area contributed by atoms with Crippen molar-refractivity contribution in [1.29, 1.82) is 0 Å². The fourth-order valence-electron chi connectivity index (χ4n) is 1.21. The average Bonchev–Trinajstić information content (AvgIpc) is 2.40. The molecule has 1 aromatic heterocycles. The molecule has 1 heteroatoms. The molecular weight excluding hydrogens is 164 g/mol. The normalized spacial score (nSPS) is 9.42. The molecule has 0 saturated carbocycles. The van der Waals surface area contributed by atoms with Crippen LogP contribution in [0.4, 0.5) is 0 Å². The van der Waals surface area contributed by atoms with Gasteiger partial charge in [0.15, 0.2) is 0 Å². The molecule has 1 heterocycles. The van der Waals surface area contributed by atoms with Gasteiger partial charge < -0.3 is 0 Å². The van der Waals surface area contributed by atoms with Crippen molar-refractivity contribution in [2.75, 3.05) is 0 Å². The van der Waals surface area contributed by atoms with E-state index in [1.54, 1.807) is 11.3 Å². The van der Waals surface area contributed by atoms with E-state index in [9.17, 15) is 0 Å². The Kier molecular flexibility index (Phi) is 2.66. The molecule has 0 atom stereocenters. The Balaban J connectivity index is 3.44. The zero-order valence-corrected chi connectivity index (χ0v) is 8.08. The molecule has 0 radical (unpaired) electrons. The second-order valence-electron chi connectivity index (χ2n) is 2.46. The SMILES string of the molecule is C=Cc1sc(C)c(C=C)c1C=C. The number of aryl methyl sites for hydroxylation is 1. The molecule has 0 nitrogen and oxygen atoms in total. The van der Waals surface area contributed by atoms with Gasteiger partial charge in [0.05, 0.1) is 0 Å². The number of hydrogen-bond acceptors (Lipinski definition) is 1. The van der Waals surface area contributed by atoms with E-state index in [4.69, 9.17) is 0 Å². The monoisotopic (exact) mass is 176 g/mol. The predicted octanol–water partition coefficient (Wildman–Crippen LogP) is 3.99. The van der Waals surface area contributed by atoms with E-state index in [-0.39, 0.29) is 0 Å². The lowest BCUT2D eigenvalue weighted by atomic mass is 10.1. The summed E-state index contributed by atoms with van der Waals surface area (Å²) in [7, 11) is 0. The van der Waals surface area contributed by atoms with E-state index in [0.717, 1.165) is 5.56 Å². The van der Waals surface area contributed by atoms with Crippen LogP contribution in [0.2, 0.25) is 0 Å². The van der Waals surface area contributed by atoms with Crippen LogP contribution in [0.25, 0.3) is 18.2 Å².